The van der Waals surface area contributed by atoms with Gasteiger partial charge in [-0.15, -0.1) is 5.10 Å². The number of benzene rings is 1. The van der Waals surface area contributed by atoms with Crippen LogP contribution >= 0.6 is 11.6 Å². The van der Waals surface area contributed by atoms with Crippen LogP contribution in [0.4, 0.5) is 0 Å². The molecular formula is C11H15ClN5O+. The fourth-order valence-electron chi connectivity index (χ4n) is 1.60. The Hall–Kier alpha value is -1.82. The van der Waals surface area contributed by atoms with E-state index in [-0.39, 0.29) is 0 Å². The average Bonchev–Trinajstić information content (AvgIpc) is 2.69. The van der Waals surface area contributed by atoms with Gasteiger partial charge in [0.1, 0.15) is 11.0 Å². The van der Waals surface area contributed by atoms with Crippen LogP contribution in [0.1, 0.15) is 0 Å². The first-order valence-corrected chi connectivity index (χ1v) is 5.78. The Morgan fingerprint density at radius 1 is 1.39 bits per heavy atom. The van der Waals surface area contributed by atoms with E-state index < -0.39 is 0 Å². The van der Waals surface area contributed by atoms with Crippen molar-refractivity contribution in [3.63, 3.8) is 0 Å². The van der Waals surface area contributed by atoms with E-state index in [0.717, 1.165) is 5.52 Å². The van der Waals surface area contributed by atoms with Gasteiger partial charge in [0, 0.05) is 0 Å². The zero-order valence-electron chi connectivity index (χ0n) is 10.8. The highest BCUT2D eigenvalue weighted by atomic mass is 35.5. The minimum atomic E-state index is 0.554. The molecular weight excluding hydrogens is 254 g/mol. The van der Waals surface area contributed by atoms with Gasteiger partial charge in [-0.25, -0.2) is 9.48 Å². The van der Waals surface area contributed by atoms with Gasteiger partial charge in [-0.3, -0.25) is 4.84 Å². The standard InChI is InChI=1S/C11H15ClN5O/c1-15(2)11(16(3)4)18-17-9-7-5-6-8(12)10(9)13-14-17/h5-7H,1-4H3/q+1. The van der Waals surface area contributed by atoms with Gasteiger partial charge < -0.3 is 0 Å². The number of halogens is 1. The average molecular weight is 269 g/mol. The normalized spacial score (nSPS) is 10.5. The van der Waals surface area contributed by atoms with Gasteiger partial charge in [-0.05, 0) is 17.3 Å². The van der Waals surface area contributed by atoms with E-state index in [2.05, 4.69) is 10.3 Å². The Kier molecular flexibility index (Phi) is 3.38. The summed E-state index contributed by atoms with van der Waals surface area (Å²) in [7, 11) is 7.56. The molecule has 0 spiro atoms. The van der Waals surface area contributed by atoms with Gasteiger partial charge in [-0.1, -0.05) is 22.5 Å². The number of amidine groups is 1. The summed E-state index contributed by atoms with van der Waals surface area (Å²) in [5, 5.41) is 8.50. The van der Waals surface area contributed by atoms with E-state index in [1.807, 2.05) is 49.8 Å². The van der Waals surface area contributed by atoms with Crippen molar-refractivity contribution in [2.75, 3.05) is 28.2 Å². The van der Waals surface area contributed by atoms with Crippen molar-refractivity contribution in [3.8, 4) is 0 Å². The van der Waals surface area contributed by atoms with Gasteiger partial charge in [0.2, 0.25) is 0 Å². The molecule has 0 saturated carbocycles. The molecule has 7 heteroatoms. The molecule has 0 amide bonds. The molecule has 6 nitrogen and oxygen atoms in total. The second-order valence-corrected chi connectivity index (χ2v) is 4.64. The van der Waals surface area contributed by atoms with Crippen molar-refractivity contribution in [1.29, 1.82) is 0 Å². The van der Waals surface area contributed by atoms with Crippen LogP contribution in [0.5, 0.6) is 0 Å². The molecule has 0 saturated heterocycles. The maximum atomic E-state index is 6.03. The quantitative estimate of drug-likeness (QED) is 0.434. The zero-order chi connectivity index (χ0) is 13.3. The third-order valence-electron chi connectivity index (χ3n) is 2.33. The van der Waals surface area contributed by atoms with Crippen LogP contribution in [0.15, 0.2) is 18.2 Å². The molecule has 96 valence electrons. The second-order valence-electron chi connectivity index (χ2n) is 4.23. The van der Waals surface area contributed by atoms with Crippen molar-refractivity contribution < 1.29 is 9.41 Å². The summed E-state index contributed by atoms with van der Waals surface area (Å²) < 4.78 is 1.85. The molecule has 0 aliphatic rings. The Balaban J connectivity index is 2.44. The molecule has 18 heavy (non-hydrogen) atoms. The van der Waals surface area contributed by atoms with Gasteiger partial charge >= 0.3 is 6.02 Å². The van der Waals surface area contributed by atoms with E-state index in [4.69, 9.17) is 16.4 Å². The van der Waals surface area contributed by atoms with Crippen LogP contribution < -0.4 is 4.84 Å². The largest absolute Gasteiger partial charge is 0.471 e. The van der Waals surface area contributed by atoms with Gasteiger partial charge in [0.15, 0.2) is 0 Å². The maximum Gasteiger partial charge on any atom is 0.471 e. The lowest BCUT2D eigenvalue weighted by atomic mass is 10.3. The number of hydrogen-bond donors (Lipinski definition) is 0. The van der Waals surface area contributed by atoms with Crippen LogP contribution in [-0.2, 0) is 0 Å². The first-order valence-electron chi connectivity index (χ1n) is 5.40. The van der Waals surface area contributed by atoms with E-state index in [1.165, 1.54) is 4.85 Å². The SMILES string of the molecule is CN(C)C(On1nnc2c(Cl)cccc21)=[N+](C)C. The molecule has 0 aliphatic carbocycles. The molecule has 0 atom stereocenters. The smallest absolute Gasteiger partial charge is 0.278 e. The minimum Gasteiger partial charge on any atom is -0.278 e. The summed E-state index contributed by atoms with van der Waals surface area (Å²) in [4.78, 5) is 8.90. The molecule has 0 aliphatic heterocycles. The van der Waals surface area contributed by atoms with Crippen LogP contribution in [0.2, 0.25) is 5.02 Å². The molecule has 1 aromatic heterocycles. The number of hydrogen-bond acceptors (Lipinski definition) is 3. The van der Waals surface area contributed by atoms with Crippen LogP contribution in [0.25, 0.3) is 11.0 Å². The topological polar surface area (TPSA) is 46.2 Å². The lowest BCUT2D eigenvalue weighted by Crippen LogP contribution is -2.39. The van der Waals surface area contributed by atoms with E-state index >= 15 is 0 Å². The van der Waals surface area contributed by atoms with Gasteiger partial charge in [-0.2, -0.15) is 0 Å². The first kappa shape index (κ1) is 12.6. The Bertz CT molecular complexity index is 600. The van der Waals surface area contributed by atoms with E-state index in [0.29, 0.717) is 16.6 Å². The Morgan fingerprint density at radius 3 is 2.72 bits per heavy atom. The highest BCUT2D eigenvalue weighted by Gasteiger charge is 2.18. The molecule has 0 fully saturated rings. The summed E-state index contributed by atoms with van der Waals surface area (Å²) in [6.07, 6.45) is 0. The molecule has 0 N–H and O–H groups in total. The molecule has 1 aromatic carbocycles. The molecule has 0 unspecified atom stereocenters. The van der Waals surface area contributed by atoms with Crippen LogP contribution in [-0.4, -0.2) is 58.8 Å². The molecule has 0 radical (unpaired) electrons. The van der Waals surface area contributed by atoms with Gasteiger partial charge in [0.25, 0.3) is 0 Å². The van der Waals surface area contributed by atoms with Gasteiger partial charge in [0.05, 0.1) is 33.2 Å². The van der Waals surface area contributed by atoms with Crippen molar-refractivity contribution in [3.05, 3.63) is 23.2 Å². The number of fused-ring (bicyclic) bond motifs is 1. The number of nitrogens with zero attached hydrogens (tertiary/aromatic N) is 5. The maximum absolute atomic E-state index is 6.03. The third kappa shape index (κ3) is 2.24. The summed E-state index contributed by atoms with van der Waals surface area (Å²) in [5.41, 5.74) is 1.35. The first-order chi connectivity index (χ1) is 8.50. The van der Waals surface area contributed by atoms with Crippen molar-refractivity contribution in [2.24, 2.45) is 0 Å². The van der Waals surface area contributed by atoms with Crippen LogP contribution in [0, 0.1) is 0 Å². The molecule has 2 aromatic rings. The Labute approximate surface area is 110 Å². The fraction of sp³-hybridized carbons (Fsp3) is 0.364. The minimum absolute atomic E-state index is 0.554. The molecule has 1 heterocycles. The number of rotatable bonds is 1. The lowest BCUT2D eigenvalue weighted by Gasteiger charge is -2.10. The summed E-state index contributed by atoms with van der Waals surface area (Å²) >= 11 is 6.03. The monoisotopic (exact) mass is 268 g/mol. The van der Waals surface area contributed by atoms with Crippen molar-refractivity contribution in [2.45, 2.75) is 0 Å². The van der Waals surface area contributed by atoms with E-state index in [1.54, 1.807) is 6.07 Å². The fourth-order valence-corrected chi connectivity index (χ4v) is 1.81. The zero-order valence-corrected chi connectivity index (χ0v) is 11.5. The molecule has 0 bridgehead atoms. The van der Waals surface area contributed by atoms with Crippen LogP contribution in [0.3, 0.4) is 0 Å². The van der Waals surface area contributed by atoms with Crippen molar-refractivity contribution in [1.82, 2.24) is 20.1 Å². The van der Waals surface area contributed by atoms with Crippen molar-refractivity contribution >= 4 is 28.7 Å². The lowest BCUT2D eigenvalue weighted by molar-refractivity contribution is -0.480. The second kappa shape index (κ2) is 4.81. The third-order valence-corrected chi connectivity index (χ3v) is 2.64. The predicted octanol–water partition coefficient (Wildman–Crippen LogP) is 0.703. The van der Waals surface area contributed by atoms with E-state index in [9.17, 15) is 0 Å². The highest BCUT2D eigenvalue weighted by Crippen LogP contribution is 2.19. The summed E-state index contributed by atoms with van der Waals surface area (Å²) in [6, 6.07) is 6.09. The summed E-state index contributed by atoms with van der Waals surface area (Å²) in [6.45, 7) is 0. The predicted molar refractivity (Wildman–Crippen MR) is 69.9 cm³/mol. The highest BCUT2D eigenvalue weighted by molar-refractivity contribution is 6.34. The summed E-state index contributed by atoms with van der Waals surface area (Å²) in [5.74, 6) is 0. The number of aromatic nitrogens is 3. The Morgan fingerprint density at radius 2 is 2.11 bits per heavy atom. The molecule has 2 rings (SSSR count).